The molecule has 5 nitrogen and oxygen atoms in total. The summed E-state index contributed by atoms with van der Waals surface area (Å²) in [6.07, 6.45) is 2.57. The highest BCUT2D eigenvalue weighted by atomic mass is 35.5. The largest absolute Gasteiger partial charge is 0.445 e. The van der Waals surface area contributed by atoms with Gasteiger partial charge in [-0.3, -0.25) is 10.1 Å². The maximum atomic E-state index is 12.8. The lowest BCUT2D eigenvalue weighted by Crippen LogP contribution is -2.48. The van der Waals surface area contributed by atoms with Crippen LogP contribution >= 0.6 is 34.5 Å². The number of nitrogens with one attached hydrogen (secondary N) is 1. The first-order valence-corrected chi connectivity index (χ1v) is 10.4. The number of amides is 1. The van der Waals surface area contributed by atoms with E-state index < -0.39 is 17.5 Å². The van der Waals surface area contributed by atoms with Gasteiger partial charge in [0.25, 0.3) is 5.91 Å². The highest BCUT2D eigenvalue weighted by Crippen LogP contribution is 2.31. The Labute approximate surface area is 181 Å². The molecule has 148 valence electrons. The minimum absolute atomic E-state index is 0.305. The summed E-state index contributed by atoms with van der Waals surface area (Å²) in [6.45, 7) is 1.61. The van der Waals surface area contributed by atoms with Gasteiger partial charge in [0.05, 0.1) is 5.56 Å². The van der Waals surface area contributed by atoms with E-state index >= 15 is 0 Å². The smallest absolute Gasteiger partial charge is 0.339 e. The predicted molar refractivity (Wildman–Crippen MR) is 114 cm³/mol. The fraction of sp³-hybridized carbons (Fsp3) is 0.190. The topological polar surface area (TPSA) is 68.3 Å². The third-order valence-electron chi connectivity index (χ3n) is 4.72. The van der Waals surface area contributed by atoms with Crippen LogP contribution in [0.3, 0.4) is 0 Å². The molecule has 2 heterocycles. The number of anilines is 1. The monoisotopic (exact) mass is 446 g/mol. The van der Waals surface area contributed by atoms with Crippen LogP contribution in [0.15, 0.2) is 48.7 Å². The second-order valence-electron chi connectivity index (χ2n) is 6.95. The molecule has 4 rings (SSSR count). The molecule has 1 aromatic heterocycles. The average molecular weight is 447 g/mol. The number of aromatic nitrogens is 1. The van der Waals surface area contributed by atoms with Gasteiger partial charge in [-0.25, -0.2) is 9.78 Å². The summed E-state index contributed by atoms with van der Waals surface area (Å²) < 4.78 is 5.46. The van der Waals surface area contributed by atoms with Gasteiger partial charge in [0.1, 0.15) is 0 Å². The Kier molecular flexibility index (Phi) is 5.34. The number of hydrogen-bond acceptors (Lipinski definition) is 5. The lowest BCUT2D eigenvalue weighted by molar-refractivity contribution is -0.134. The molecule has 1 N–H and O–H groups in total. The lowest BCUT2D eigenvalue weighted by Gasteiger charge is -2.32. The lowest BCUT2D eigenvalue weighted by atomic mass is 9.89. The van der Waals surface area contributed by atoms with Gasteiger partial charge < -0.3 is 4.74 Å². The van der Waals surface area contributed by atoms with Crippen molar-refractivity contribution in [1.82, 2.24) is 4.98 Å². The van der Waals surface area contributed by atoms with Crippen LogP contribution < -0.4 is 5.32 Å². The minimum atomic E-state index is -1.29. The molecular formula is C21H16Cl2N2O3S. The van der Waals surface area contributed by atoms with E-state index in [1.54, 1.807) is 37.4 Å². The number of rotatable bonds is 4. The summed E-state index contributed by atoms with van der Waals surface area (Å²) >= 11 is 13.5. The quantitative estimate of drug-likeness (QED) is 0.562. The molecule has 0 spiro atoms. The van der Waals surface area contributed by atoms with Gasteiger partial charge in [0.2, 0.25) is 0 Å². The SMILES string of the molecule is CC1(C(=O)Nc2ncc(Cc3ccc(Cl)cc3Cl)s2)Cc2ccccc2C(=O)O1. The Hall–Kier alpha value is -2.41. The molecule has 0 saturated carbocycles. The number of cyclic esters (lactones) is 1. The van der Waals surface area contributed by atoms with Crippen LogP contribution in [0.5, 0.6) is 0 Å². The maximum absolute atomic E-state index is 12.8. The molecule has 1 atom stereocenters. The van der Waals surface area contributed by atoms with Gasteiger partial charge in [0, 0.05) is 34.0 Å². The number of thiazole rings is 1. The molecule has 0 fully saturated rings. The Morgan fingerprint density at radius 2 is 2.07 bits per heavy atom. The molecule has 1 amide bonds. The molecule has 1 aliphatic rings. The number of carbonyl (C=O) groups excluding carboxylic acids is 2. The van der Waals surface area contributed by atoms with Crippen molar-refractivity contribution in [3.05, 3.63) is 80.3 Å². The number of carbonyl (C=O) groups is 2. The van der Waals surface area contributed by atoms with Crippen LogP contribution in [0.25, 0.3) is 0 Å². The zero-order valence-electron chi connectivity index (χ0n) is 15.4. The van der Waals surface area contributed by atoms with Crippen molar-refractivity contribution in [2.75, 3.05) is 5.32 Å². The molecular weight excluding hydrogens is 431 g/mol. The van der Waals surface area contributed by atoms with Crippen LogP contribution in [-0.2, 0) is 22.4 Å². The van der Waals surface area contributed by atoms with E-state index in [1.807, 2.05) is 18.2 Å². The summed E-state index contributed by atoms with van der Waals surface area (Å²) in [5.41, 5.74) is 0.909. The third-order valence-corrected chi connectivity index (χ3v) is 6.22. The molecule has 0 saturated heterocycles. The van der Waals surface area contributed by atoms with Gasteiger partial charge in [-0.15, -0.1) is 11.3 Å². The summed E-state index contributed by atoms with van der Waals surface area (Å²) in [6, 6.07) is 12.5. The van der Waals surface area contributed by atoms with Crippen molar-refractivity contribution in [1.29, 1.82) is 0 Å². The number of esters is 1. The van der Waals surface area contributed by atoms with Crippen LogP contribution in [0.2, 0.25) is 10.0 Å². The van der Waals surface area contributed by atoms with Crippen LogP contribution in [0, 0.1) is 0 Å². The number of ether oxygens (including phenoxy) is 1. The van der Waals surface area contributed by atoms with Gasteiger partial charge in [-0.2, -0.15) is 0 Å². The summed E-state index contributed by atoms with van der Waals surface area (Å²) in [5, 5.41) is 4.36. The van der Waals surface area contributed by atoms with E-state index in [9.17, 15) is 9.59 Å². The highest BCUT2D eigenvalue weighted by molar-refractivity contribution is 7.15. The summed E-state index contributed by atoms with van der Waals surface area (Å²) in [5.74, 6) is -0.910. The standard InChI is InChI=1S/C21H16Cl2N2O3S/c1-21(10-13-4-2-3-5-16(13)18(26)28-21)19(27)25-20-24-11-15(29-20)8-12-6-7-14(22)9-17(12)23/h2-7,9,11H,8,10H2,1H3,(H,24,25,27). The van der Waals surface area contributed by atoms with Gasteiger partial charge in [0.15, 0.2) is 10.7 Å². The van der Waals surface area contributed by atoms with Gasteiger partial charge in [-0.05, 0) is 36.2 Å². The van der Waals surface area contributed by atoms with Crippen molar-refractivity contribution in [3.8, 4) is 0 Å². The zero-order valence-corrected chi connectivity index (χ0v) is 17.7. The molecule has 0 aliphatic carbocycles. The van der Waals surface area contributed by atoms with Crippen molar-refractivity contribution in [3.63, 3.8) is 0 Å². The number of benzene rings is 2. The first-order chi connectivity index (χ1) is 13.8. The fourth-order valence-electron chi connectivity index (χ4n) is 3.19. The molecule has 2 aromatic carbocycles. The molecule has 1 aliphatic heterocycles. The van der Waals surface area contributed by atoms with E-state index in [4.69, 9.17) is 27.9 Å². The Bertz CT molecular complexity index is 1110. The number of halogens is 2. The Morgan fingerprint density at radius 1 is 1.28 bits per heavy atom. The first kappa shape index (κ1) is 19.9. The molecule has 0 radical (unpaired) electrons. The second kappa shape index (κ2) is 7.78. The maximum Gasteiger partial charge on any atom is 0.339 e. The van der Waals surface area contributed by atoms with E-state index in [1.165, 1.54) is 11.3 Å². The predicted octanol–water partition coefficient (Wildman–Crippen LogP) is 5.15. The highest BCUT2D eigenvalue weighted by Gasteiger charge is 2.42. The molecule has 1 unspecified atom stereocenters. The van der Waals surface area contributed by atoms with Crippen molar-refractivity contribution < 1.29 is 14.3 Å². The third kappa shape index (κ3) is 4.15. The Balaban J connectivity index is 1.47. The van der Waals surface area contributed by atoms with E-state index in [-0.39, 0.29) is 0 Å². The van der Waals surface area contributed by atoms with Gasteiger partial charge >= 0.3 is 5.97 Å². The second-order valence-corrected chi connectivity index (χ2v) is 8.91. The van der Waals surface area contributed by atoms with Crippen molar-refractivity contribution >= 4 is 51.5 Å². The van der Waals surface area contributed by atoms with Crippen LogP contribution in [0.1, 0.15) is 33.3 Å². The fourth-order valence-corrected chi connectivity index (χ4v) is 4.49. The number of nitrogens with zero attached hydrogens (tertiary/aromatic N) is 1. The average Bonchev–Trinajstić information content (AvgIpc) is 3.11. The zero-order chi connectivity index (χ0) is 20.6. The van der Waals surface area contributed by atoms with E-state index in [0.717, 1.165) is 16.0 Å². The van der Waals surface area contributed by atoms with Crippen LogP contribution in [0.4, 0.5) is 5.13 Å². The Morgan fingerprint density at radius 3 is 2.86 bits per heavy atom. The normalized spacial score (nSPS) is 18.1. The van der Waals surface area contributed by atoms with Crippen molar-refractivity contribution in [2.45, 2.75) is 25.4 Å². The molecule has 3 aromatic rings. The van der Waals surface area contributed by atoms with Crippen molar-refractivity contribution in [2.24, 2.45) is 0 Å². The number of hydrogen-bond donors (Lipinski definition) is 1. The van der Waals surface area contributed by atoms with Gasteiger partial charge in [-0.1, -0.05) is 47.5 Å². The molecule has 8 heteroatoms. The van der Waals surface area contributed by atoms with E-state index in [0.29, 0.717) is 33.6 Å². The number of fused-ring (bicyclic) bond motifs is 1. The van der Waals surface area contributed by atoms with E-state index in [2.05, 4.69) is 10.3 Å². The molecule has 0 bridgehead atoms. The van der Waals surface area contributed by atoms with Crippen LogP contribution in [-0.4, -0.2) is 22.5 Å². The first-order valence-electron chi connectivity index (χ1n) is 8.85. The minimum Gasteiger partial charge on any atom is -0.445 e. The molecule has 29 heavy (non-hydrogen) atoms. The summed E-state index contributed by atoms with van der Waals surface area (Å²) in [4.78, 5) is 30.3. The summed E-state index contributed by atoms with van der Waals surface area (Å²) in [7, 11) is 0.